The number of hydrogen-bond donors (Lipinski definition) is 2. The van der Waals surface area contributed by atoms with Crippen LogP contribution >= 0.6 is 0 Å². The summed E-state index contributed by atoms with van der Waals surface area (Å²) < 4.78 is 0. The summed E-state index contributed by atoms with van der Waals surface area (Å²) in [6.07, 6.45) is 3.16. The largest absolute Gasteiger partial charge is 0.364 e. The molecule has 0 aliphatic heterocycles. The van der Waals surface area contributed by atoms with E-state index in [1.165, 1.54) is 0 Å². The van der Waals surface area contributed by atoms with Crippen LogP contribution in [-0.2, 0) is 0 Å². The van der Waals surface area contributed by atoms with Gasteiger partial charge in [-0.25, -0.2) is 9.97 Å². The molecule has 0 saturated heterocycles. The normalized spacial score (nSPS) is 10.3. The first-order valence-corrected chi connectivity index (χ1v) is 6.60. The molecule has 0 amide bonds. The van der Waals surface area contributed by atoms with E-state index < -0.39 is 4.92 Å². The van der Waals surface area contributed by atoms with Crippen LogP contribution in [0.3, 0.4) is 0 Å². The Morgan fingerprint density at radius 3 is 2.32 bits per heavy atom. The average Bonchev–Trinajstić information content (AvgIpc) is 2.34. The van der Waals surface area contributed by atoms with Crippen molar-refractivity contribution >= 4 is 17.3 Å². The average molecular weight is 267 g/mol. The van der Waals surface area contributed by atoms with Crippen molar-refractivity contribution in [2.24, 2.45) is 0 Å². The van der Waals surface area contributed by atoms with Crippen LogP contribution in [0.5, 0.6) is 0 Å². The van der Waals surface area contributed by atoms with E-state index in [0.717, 1.165) is 19.3 Å². The van der Waals surface area contributed by atoms with Gasteiger partial charge in [-0.3, -0.25) is 10.1 Å². The fourth-order valence-electron chi connectivity index (χ4n) is 1.74. The number of unbranched alkanes of at least 4 members (excludes halogenated alkanes) is 2. The molecule has 0 aliphatic carbocycles. The Labute approximate surface area is 113 Å². The van der Waals surface area contributed by atoms with Crippen molar-refractivity contribution in [3.63, 3.8) is 0 Å². The highest BCUT2D eigenvalue weighted by molar-refractivity contribution is 5.69. The van der Waals surface area contributed by atoms with Crippen molar-refractivity contribution in [3.8, 4) is 0 Å². The lowest BCUT2D eigenvalue weighted by molar-refractivity contribution is -0.383. The van der Waals surface area contributed by atoms with Gasteiger partial charge >= 0.3 is 5.69 Å². The molecule has 0 fully saturated rings. The van der Waals surface area contributed by atoms with Crippen LogP contribution in [0.2, 0.25) is 0 Å². The first-order chi connectivity index (χ1) is 9.10. The van der Waals surface area contributed by atoms with Crippen LogP contribution in [0.15, 0.2) is 0 Å². The van der Waals surface area contributed by atoms with Gasteiger partial charge in [0.05, 0.1) is 4.92 Å². The minimum Gasteiger partial charge on any atom is -0.364 e. The molecule has 106 valence electrons. The Morgan fingerprint density at radius 2 is 1.79 bits per heavy atom. The highest BCUT2D eigenvalue weighted by atomic mass is 16.6. The number of nitrogens with one attached hydrogen (secondary N) is 2. The molecule has 7 heteroatoms. The van der Waals surface area contributed by atoms with Gasteiger partial charge in [0.15, 0.2) is 0 Å². The molecule has 1 rings (SSSR count). The summed E-state index contributed by atoms with van der Waals surface area (Å²) in [6.45, 7) is 6.96. The molecule has 2 N–H and O–H groups in total. The molecule has 0 spiro atoms. The van der Waals surface area contributed by atoms with E-state index in [1.807, 2.05) is 6.92 Å². The van der Waals surface area contributed by atoms with Gasteiger partial charge in [0.2, 0.25) is 11.6 Å². The second-order valence-corrected chi connectivity index (χ2v) is 4.24. The molecule has 0 atom stereocenters. The Morgan fingerprint density at radius 1 is 1.16 bits per heavy atom. The van der Waals surface area contributed by atoms with Crippen LogP contribution in [0, 0.1) is 17.0 Å². The molecule has 1 aromatic heterocycles. The third-order valence-corrected chi connectivity index (χ3v) is 2.60. The van der Waals surface area contributed by atoms with Gasteiger partial charge in [0.1, 0.15) is 5.82 Å². The van der Waals surface area contributed by atoms with Gasteiger partial charge in [-0.05, 0) is 20.3 Å². The smallest absolute Gasteiger partial charge is 0.353 e. The van der Waals surface area contributed by atoms with E-state index in [9.17, 15) is 10.1 Å². The number of rotatable bonds is 8. The highest BCUT2D eigenvalue weighted by Gasteiger charge is 2.23. The maximum atomic E-state index is 11.2. The predicted octanol–water partition coefficient (Wildman–Crippen LogP) is 2.73. The SMILES string of the molecule is CCCCCNc1nc(C)nc(NCC)c1[N+](=O)[O-]. The molecular weight excluding hydrogens is 246 g/mol. The quantitative estimate of drug-likeness (QED) is 0.427. The van der Waals surface area contributed by atoms with Crippen molar-refractivity contribution in [1.82, 2.24) is 9.97 Å². The van der Waals surface area contributed by atoms with E-state index in [0.29, 0.717) is 24.7 Å². The predicted molar refractivity (Wildman–Crippen MR) is 75.6 cm³/mol. The van der Waals surface area contributed by atoms with Crippen LogP contribution in [0.4, 0.5) is 17.3 Å². The van der Waals surface area contributed by atoms with Gasteiger partial charge < -0.3 is 10.6 Å². The monoisotopic (exact) mass is 267 g/mol. The second kappa shape index (κ2) is 7.50. The number of anilines is 2. The molecule has 7 nitrogen and oxygen atoms in total. The lowest BCUT2D eigenvalue weighted by atomic mass is 10.2. The first kappa shape index (κ1) is 15.1. The number of nitrogens with zero attached hydrogens (tertiary/aromatic N) is 3. The molecule has 1 heterocycles. The molecule has 19 heavy (non-hydrogen) atoms. The van der Waals surface area contributed by atoms with E-state index in [-0.39, 0.29) is 11.5 Å². The summed E-state index contributed by atoms with van der Waals surface area (Å²) >= 11 is 0. The van der Waals surface area contributed by atoms with E-state index in [4.69, 9.17) is 0 Å². The van der Waals surface area contributed by atoms with Crippen LogP contribution in [0.1, 0.15) is 38.9 Å². The summed E-state index contributed by atoms with van der Waals surface area (Å²) in [5.41, 5.74) is -0.0797. The van der Waals surface area contributed by atoms with E-state index in [2.05, 4.69) is 27.5 Å². The minimum absolute atomic E-state index is 0.0797. The zero-order valence-corrected chi connectivity index (χ0v) is 11.7. The Bertz CT molecular complexity index is 436. The van der Waals surface area contributed by atoms with Crippen molar-refractivity contribution < 1.29 is 4.92 Å². The molecule has 0 unspecified atom stereocenters. The number of nitro groups is 1. The third-order valence-electron chi connectivity index (χ3n) is 2.60. The molecule has 0 radical (unpaired) electrons. The number of aromatic nitrogens is 2. The summed E-state index contributed by atoms with van der Waals surface area (Å²) in [5, 5.41) is 17.1. The lowest BCUT2D eigenvalue weighted by Gasteiger charge is -2.10. The van der Waals surface area contributed by atoms with Crippen molar-refractivity contribution in [3.05, 3.63) is 15.9 Å². The summed E-state index contributed by atoms with van der Waals surface area (Å²) in [4.78, 5) is 18.9. The van der Waals surface area contributed by atoms with Crippen molar-refractivity contribution in [2.75, 3.05) is 23.7 Å². The molecule has 0 bridgehead atoms. The minimum atomic E-state index is -0.445. The van der Waals surface area contributed by atoms with E-state index in [1.54, 1.807) is 6.92 Å². The molecule has 0 aliphatic rings. The Kier molecular flexibility index (Phi) is 5.98. The molecule has 0 aromatic carbocycles. The fourth-order valence-corrected chi connectivity index (χ4v) is 1.74. The number of hydrogen-bond acceptors (Lipinski definition) is 6. The Balaban J connectivity index is 2.96. The van der Waals surface area contributed by atoms with Gasteiger partial charge in [0, 0.05) is 13.1 Å². The standard InChI is InChI=1S/C12H21N5O2/c1-4-6-7-8-14-12-10(17(18)19)11(13-5-2)15-9(3)16-12/h4-8H2,1-3H3,(H2,13,14,15,16). The highest BCUT2D eigenvalue weighted by Crippen LogP contribution is 2.29. The topological polar surface area (TPSA) is 93.0 Å². The van der Waals surface area contributed by atoms with Crippen LogP contribution < -0.4 is 10.6 Å². The fraction of sp³-hybridized carbons (Fsp3) is 0.667. The summed E-state index contributed by atoms with van der Waals surface area (Å²) in [7, 11) is 0. The Hall–Kier alpha value is -1.92. The zero-order chi connectivity index (χ0) is 14.3. The van der Waals surface area contributed by atoms with E-state index >= 15 is 0 Å². The summed E-state index contributed by atoms with van der Waals surface area (Å²) in [6, 6.07) is 0. The molecular formula is C12H21N5O2. The maximum Gasteiger partial charge on any atom is 0.353 e. The van der Waals surface area contributed by atoms with Gasteiger partial charge in [-0.2, -0.15) is 0 Å². The second-order valence-electron chi connectivity index (χ2n) is 4.24. The van der Waals surface area contributed by atoms with Crippen molar-refractivity contribution in [2.45, 2.75) is 40.0 Å². The third kappa shape index (κ3) is 4.35. The van der Waals surface area contributed by atoms with Gasteiger partial charge in [-0.15, -0.1) is 0 Å². The summed E-state index contributed by atoms with van der Waals surface area (Å²) in [5.74, 6) is 1.09. The van der Waals surface area contributed by atoms with Crippen molar-refractivity contribution in [1.29, 1.82) is 0 Å². The van der Waals surface area contributed by atoms with Gasteiger partial charge in [0.25, 0.3) is 0 Å². The zero-order valence-electron chi connectivity index (χ0n) is 11.7. The number of aryl methyl sites for hydroxylation is 1. The van der Waals surface area contributed by atoms with Crippen LogP contribution in [0.25, 0.3) is 0 Å². The lowest BCUT2D eigenvalue weighted by Crippen LogP contribution is -2.12. The maximum absolute atomic E-state index is 11.2. The molecule has 0 saturated carbocycles. The first-order valence-electron chi connectivity index (χ1n) is 6.60. The van der Waals surface area contributed by atoms with Crippen LogP contribution in [-0.4, -0.2) is 28.0 Å². The van der Waals surface area contributed by atoms with Gasteiger partial charge in [-0.1, -0.05) is 19.8 Å². The molecule has 1 aromatic rings.